The van der Waals surface area contributed by atoms with E-state index in [0.717, 1.165) is 0 Å². The molecule has 1 aromatic rings. The zero-order chi connectivity index (χ0) is 15.6. The Labute approximate surface area is 123 Å². The summed E-state index contributed by atoms with van der Waals surface area (Å²) < 4.78 is 0. The summed E-state index contributed by atoms with van der Waals surface area (Å²) in [6.07, 6.45) is 0. The van der Waals surface area contributed by atoms with Crippen molar-refractivity contribution < 1.29 is 19.8 Å². The number of phenols is 1. The number of urea groups is 1. The molecule has 0 aliphatic carbocycles. The van der Waals surface area contributed by atoms with Gasteiger partial charge in [0.2, 0.25) is 0 Å². The van der Waals surface area contributed by atoms with Gasteiger partial charge in [0.05, 0.1) is 0 Å². The lowest BCUT2D eigenvalue weighted by molar-refractivity contribution is -0.135. The maximum absolute atomic E-state index is 12.6. The number of hydrogen-bond acceptors (Lipinski definition) is 3. The van der Waals surface area contributed by atoms with Crippen LogP contribution in [0.5, 0.6) is 5.75 Å². The Morgan fingerprint density at radius 2 is 1.71 bits per heavy atom. The van der Waals surface area contributed by atoms with E-state index in [1.54, 1.807) is 17.0 Å². The second kappa shape index (κ2) is 6.03. The summed E-state index contributed by atoms with van der Waals surface area (Å²) in [4.78, 5) is 26.5. The quantitative estimate of drug-likeness (QED) is 0.892. The summed E-state index contributed by atoms with van der Waals surface area (Å²) in [5.74, 6) is -0.192. The van der Waals surface area contributed by atoms with Crippen LogP contribution in [0.2, 0.25) is 0 Å². The first kappa shape index (κ1) is 15.2. The van der Waals surface area contributed by atoms with E-state index < -0.39 is 12.5 Å². The first-order valence-electron chi connectivity index (χ1n) is 6.95. The number of carbonyl (C=O) groups excluding carboxylic acids is 1. The third-order valence-corrected chi connectivity index (χ3v) is 3.94. The number of carboxylic acids is 1. The van der Waals surface area contributed by atoms with Crippen molar-refractivity contribution in [3.8, 4) is 5.75 Å². The fourth-order valence-electron chi connectivity index (χ4n) is 2.49. The molecule has 6 nitrogen and oxygen atoms in total. The van der Waals surface area contributed by atoms with Crippen LogP contribution in [0.3, 0.4) is 0 Å². The van der Waals surface area contributed by atoms with Gasteiger partial charge in [-0.25, -0.2) is 4.79 Å². The molecule has 2 unspecified atom stereocenters. The highest BCUT2D eigenvalue weighted by molar-refractivity contribution is 5.96. The van der Waals surface area contributed by atoms with Gasteiger partial charge in [0.1, 0.15) is 12.3 Å². The van der Waals surface area contributed by atoms with Gasteiger partial charge in [-0.3, -0.25) is 9.69 Å². The highest BCUT2D eigenvalue weighted by Gasteiger charge is 2.33. The van der Waals surface area contributed by atoms with Gasteiger partial charge >= 0.3 is 12.0 Å². The molecule has 1 aliphatic rings. The van der Waals surface area contributed by atoms with E-state index in [4.69, 9.17) is 5.11 Å². The van der Waals surface area contributed by atoms with Crippen LogP contribution in [0.1, 0.15) is 13.8 Å². The van der Waals surface area contributed by atoms with Crippen LogP contribution in [0.4, 0.5) is 10.5 Å². The smallest absolute Gasteiger partial charge is 0.325 e. The van der Waals surface area contributed by atoms with Crippen molar-refractivity contribution in [3.05, 3.63) is 24.3 Å². The van der Waals surface area contributed by atoms with Gasteiger partial charge in [-0.2, -0.15) is 0 Å². The number of aromatic hydroxyl groups is 1. The Kier molecular flexibility index (Phi) is 4.35. The third-order valence-electron chi connectivity index (χ3n) is 3.94. The Bertz CT molecular complexity index is 519. The molecular formula is C15H20N2O4. The van der Waals surface area contributed by atoms with E-state index in [0.29, 0.717) is 30.6 Å². The van der Waals surface area contributed by atoms with E-state index in [1.807, 2.05) is 0 Å². The van der Waals surface area contributed by atoms with Crippen LogP contribution < -0.4 is 4.90 Å². The number of aliphatic carboxylic acids is 1. The molecule has 2 amide bonds. The molecule has 1 heterocycles. The topological polar surface area (TPSA) is 81.1 Å². The third kappa shape index (κ3) is 3.45. The number of nitrogens with zero attached hydrogens (tertiary/aromatic N) is 2. The number of benzene rings is 1. The molecule has 2 N–H and O–H groups in total. The SMILES string of the molecule is CC1CN(C(=O)N(CC(=O)O)c2ccc(O)cc2)CC1C. The van der Waals surface area contributed by atoms with Crippen molar-refractivity contribution >= 4 is 17.7 Å². The van der Waals surface area contributed by atoms with Gasteiger partial charge in [0.25, 0.3) is 0 Å². The average Bonchev–Trinajstić information content (AvgIpc) is 2.76. The van der Waals surface area contributed by atoms with Crippen LogP contribution >= 0.6 is 0 Å². The minimum absolute atomic E-state index is 0.0740. The lowest BCUT2D eigenvalue weighted by Gasteiger charge is -2.27. The summed E-state index contributed by atoms with van der Waals surface area (Å²) in [6, 6.07) is 5.65. The number of amides is 2. The van der Waals surface area contributed by atoms with Gasteiger partial charge in [0, 0.05) is 18.8 Å². The molecule has 2 rings (SSSR count). The van der Waals surface area contributed by atoms with E-state index in [2.05, 4.69) is 13.8 Å². The second-order valence-electron chi connectivity index (χ2n) is 5.64. The molecule has 0 spiro atoms. The molecule has 0 bridgehead atoms. The Morgan fingerprint density at radius 3 is 2.19 bits per heavy atom. The maximum Gasteiger partial charge on any atom is 0.325 e. The van der Waals surface area contributed by atoms with E-state index >= 15 is 0 Å². The molecule has 0 aromatic heterocycles. The van der Waals surface area contributed by atoms with Crippen LogP contribution in [0.15, 0.2) is 24.3 Å². The standard InChI is InChI=1S/C15H20N2O4/c1-10-7-16(8-11(10)2)15(21)17(9-14(19)20)12-3-5-13(18)6-4-12/h3-6,10-11,18H,7-9H2,1-2H3,(H,19,20). The largest absolute Gasteiger partial charge is 0.508 e. The van der Waals surface area contributed by atoms with Crippen molar-refractivity contribution in [1.82, 2.24) is 4.90 Å². The number of carbonyl (C=O) groups is 2. The van der Waals surface area contributed by atoms with E-state index in [9.17, 15) is 14.7 Å². The summed E-state index contributed by atoms with van der Waals surface area (Å²) in [5, 5.41) is 18.3. The molecular weight excluding hydrogens is 272 g/mol. The first-order chi connectivity index (χ1) is 9.88. The Morgan fingerprint density at radius 1 is 1.19 bits per heavy atom. The maximum atomic E-state index is 12.6. The summed E-state index contributed by atoms with van der Waals surface area (Å²) in [7, 11) is 0. The number of anilines is 1. The molecule has 1 saturated heterocycles. The zero-order valence-electron chi connectivity index (χ0n) is 12.2. The minimum atomic E-state index is -1.07. The number of carboxylic acid groups (broad SMARTS) is 1. The van der Waals surface area contributed by atoms with Gasteiger partial charge < -0.3 is 15.1 Å². The second-order valence-corrected chi connectivity index (χ2v) is 5.64. The van der Waals surface area contributed by atoms with Gasteiger partial charge in [-0.1, -0.05) is 13.8 Å². The molecule has 1 fully saturated rings. The van der Waals surface area contributed by atoms with Crippen LogP contribution in [-0.2, 0) is 4.79 Å². The number of rotatable bonds is 3. The molecule has 1 aromatic carbocycles. The highest BCUT2D eigenvalue weighted by Crippen LogP contribution is 2.25. The fourth-order valence-corrected chi connectivity index (χ4v) is 2.49. The monoisotopic (exact) mass is 292 g/mol. The fraction of sp³-hybridized carbons (Fsp3) is 0.467. The average molecular weight is 292 g/mol. The zero-order valence-corrected chi connectivity index (χ0v) is 12.2. The van der Waals surface area contributed by atoms with Crippen molar-refractivity contribution in [1.29, 1.82) is 0 Å². The molecule has 21 heavy (non-hydrogen) atoms. The number of hydrogen-bond donors (Lipinski definition) is 2. The predicted molar refractivity (Wildman–Crippen MR) is 78.4 cm³/mol. The number of phenolic OH excluding ortho intramolecular Hbond substituents is 1. The summed E-state index contributed by atoms with van der Waals surface area (Å²) >= 11 is 0. The molecule has 2 atom stereocenters. The van der Waals surface area contributed by atoms with Crippen molar-refractivity contribution in [2.24, 2.45) is 11.8 Å². The summed E-state index contributed by atoms with van der Waals surface area (Å²) in [5.41, 5.74) is 0.465. The normalized spacial score (nSPS) is 21.3. The highest BCUT2D eigenvalue weighted by atomic mass is 16.4. The Balaban J connectivity index is 2.21. The predicted octanol–water partition coefficient (Wildman–Crippen LogP) is 1.99. The molecule has 6 heteroatoms. The molecule has 1 aliphatic heterocycles. The van der Waals surface area contributed by atoms with Gasteiger partial charge in [-0.15, -0.1) is 0 Å². The van der Waals surface area contributed by atoms with Crippen LogP contribution in [-0.4, -0.2) is 46.7 Å². The van der Waals surface area contributed by atoms with E-state index in [-0.39, 0.29) is 11.8 Å². The van der Waals surface area contributed by atoms with Crippen molar-refractivity contribution in [3.63, 3.8) is 0 Å². The van der Waals surface area contributed by atoms with Crippen molar-refractivity contribution in [2.45, 2.75) is 13.8 Å². The minimum Gasteiger partial charge on any atom is -0.508 e. The van der Waals surface area contributed by atoms with Gasteiger partial charge in [-0.05, 0) is 36.1 Å². The first-order valence-corrected chi connectivity index (χ1v) is 6.95. The lowest BCUT2D eigenvalue weighted by Crippen LogP contribution is -2.44. The number of likely N-dealkylation sites (tertiary alicyclic amines) is 1. The Hall–Kier alpha value is -2.24. The molecule has 114 valence electrons. The van der Waals surface area contributed by atoms with Crippen molar-refractivity contribution in [2.75, 3.05) is 24.5 Å². The molecule has 0 saturated carbocycles. The van der Waals surface area contributed by atoms with E-state index in [1.165, 1.54) is 17.0 Å². The lowest BCUT2D eigenvalue weighted by atomic mass is 10.0. The van der Waals surface area contributed by atoms with Crippen LogP contribution in [0.25, 0.3) is 0 Å². The van der Waals surface area contributed by atoms with Gasteiger partial charge in [0.15, 0.2) is 0 Å². The van der Waals surface area contributed by atoms with Crippen LogP contribution in [0, 0.1) is 11.8 Å². The summed E-state index contributed by atoms with van der Waals surface area (Å²) in [6.45, 7) is 5.03. The molecule has 0 radical (unpaired) electrons.